The Labute approximate surface area is 162 Å². The van der Waals surface area contributed by atoms with Crippen molar-refractivity contribution >= 4 is 11.9 Å². The van der Waals surface area contributed by atoms with Gasteiger partial charge in [0.15, 0.2) is 0 Å². The van der Waals surface area contributed by atoms with Gasteiger partial charge in [-0.05, 0) is 6.42 Å². The molecule has 1 amide bonds. The summed E-state index contributed by atoms with van der Waals surface area (Å²) in [6, 6.07) is 2.79. The SMILES string of the molecule is CCCCCCCCCCOC(=O)CC1C(=O)NCCN1C=C(C#N)C#N. The number of carbonyl (C=O) groups is 2. The van der Waals surface area contributed by atoms with Gasteiger partial charge in [0, 0.05) is 19.3 Å². The van der Waals surface area contributed by atoms with Gasteiger partial charge in [-0.3, -0.25) is 9.59 Å². The molecule has 148 valence electrons. The molecule has 1 N–H and O–H groups in total. The van der Waals surface area contributed by atoms with Gasteiger partial charge in [0.25, 0.3) is 0 Å². The summed E-state index contributed by atoms with van der Waals surface area (Å²) in [6.07, 6.45) is 10.6. The second-order valence-corrected chi connectivity index (χ2v) is 6.71. The Morgan fingerprint density at radius 3 is 2.44 bits per heavy atom. The van der Waals surface area contributed by atoms with Gasteiger partial charge in [0.2, 0.25) is 5.91 Å². The highest BCUT2D eigenvalue weighted by Crippen LogP contribution is 2.13. The van der Waals surface area contributed by atoms with Crippen LogP contribution in [0.25, 0.3) is 0 Å². The van der Waals surface area contributed by atoms with Crippen LogP contribution >= 0.6 is 0 Å². The number of hydrogen-bond acceptors (Lipinski definition) is 6. The van der Waals surface area contributed by atoms with E-state index in [-0.39, 0.29) is 17.9 Å². The van der Waals surface area contributed by atoms with Crippen molar-refractivity contribution in [3.05, 3.63) is 11.8 Å². The second-order valence-electron chi connectivity index (χ2n) is 6.71. The first-order valence-corrected chi connectivity index (χ1v) is 9.83. The Balaban J connectivity index is 2.32. The van der Waals surface area contributed by atoms with Crippen molar-refractivity contribution in [2.75, 3.05) is 19.7 Å². The summed E-state index contributed by atoms with van der Waals surface area (Å²) in [5, 5.41) is 20.5. The third-order valence-electron chi connectivity index (χ3n) is 4.53. The lowest BCUT2D eigenvalue weighted by Crippen LogP contribution is -2.54. The molecule has 27 heavy (non-hydrogen) atoms. The van der Waals surface area contributed by atoms with Crippen LogP contribution in [0, 0.1) is 22.7 Å². The van der Waals surface area contributed by atoms with Crippen molar-refractivity contribution in [1.29, 1.82) is 10.5 Å². The summed E-state index contributed by atoms with van der Waals surface area (Å²) in [4.78, 5) is 25.7. The van der Waals surface area contributed by atoms with Gasteiger partial charge in [-0.25, -0.2) is 0 Å². The standard InChI is InChI=1S/C20H30N4O3/c1-2-3-4-5-6-7-8-9-12-27-19(25)13-18-20(26)23-10-11-24(18)16-17(14-21)15-22/h16,18H,2-13H2,1H3,(H,23,26). The molecule has 0 aromatic heterocycles. The molecule has 1 rings (SSSR count). The van der Waals surface area contributed by atoms with E-state index in [1.54, 1.807) is 17.0 Å². The van der Waals surface area contributed by atoms with Crippen LogP contribution < -0.4 is 5.32 Å². The van der Waals surface area contributed by atoms with Crippen molar-refractivity contribution in [2.24, 2.45) is 0 Å². The van der Waals surface area contributed by atoms with E-state index in [0.717, 1.165) is 19.3 Å². The van der Waals surface area contributed by atoms with Gasteiger partial charge < -0.3 is 15.0 Å². The molecule has 0 saturated carbocycles. The Bertz CT molecular complexity index is 573. The van der Waals surface area contributed by atoms with Crippen LogP contribution in [0.2, 0.25) is 0 Å². The van der Waals surface area contributed by atoms with Gasteiger partial charge >= 0.3 is 5.97 Å². The first kappa shape index (κ1) is 22.5. The average Bonchev–Trinajstić information content (AvgIpc) is 2.67. The zero-order chi connectivity index (χ0) is 19.9. The molecular weight excluding hydrogens is 344 g/mol. The Morgan fingerprint density at radius 2 is 1.81 bits per heavy atom. The molecule has 0 aromatic rings. The number of amides is 1. The topological polar surface area (TPSA) is 106 Å². The molecule has 1 aliphatic rings. The number of esters is 1. The number of nitriles is 2. The normalized spacial score (nSPS) is 16.0. The zero-order valence-corrected chi connectivity index (χ0v) is 16.2. The Kier molecular flexibility index (Phi) is 11.4. The average molecular weight is 374 g/mol. The quantitative estimate of drug-likeness (QED) is 0.320. The van der Waals surface area contributed by atoms with Crippen LogP contribution in [0.5, 0.6) is 0 Å². The number of unbranched alkanes of at least 4 members (excludes halogenated alkanes) is 7. The summed E-state index contributed by atoms with van der Waals surface area (Å²) in [5.74, 6) is -0.731. The molecule has 1 unspecified atom stereocenters. The summed E-state index contributed by atoms with van der Waals surface area (Å²) in [6.45, 7) is 3.41. The van der Waals surface area contributed by atoms with E-state index in [1.807, 2.05) is 0 Å². The minimum Gasteiger partial charge on any atom is -0.466 e. The van der Waals surface area contributed by atoms with Crippen LogP contribution in [0.15, 0.2) is 11.8 Å². The molecule has 0 spiro atoms. The third kappa shape index (κ3) is 9.10. The van der Waals surface area contributed by atoms with Crippen LogP contribution in [-0.2, 0) is 14.3 Å². The number of rotatable bonds is 12. The maximum Gasteiger partial charge on any atom is 0.308 e. The molecule has 7 heteroatoms. The predicted octanol–water partition coefficient (Wildman–Crippen LogP) is 2.79. The van der Waals surface area contributed by atoms with E-state index >= 15 is 0 Å². The first-order chi connectivity index (χ1) is 13.1. The van der Waals surface area contributed by atoms with E-state index in [9.17, 15) is 9.59 Å². The summed E-state index contributed by atoms with van der Waals surface area (Å²) in [7, 11) is 0. The number of piperazine rings is 1. The number of nitrogens with one attached hydrogen (secondary N) is 1. The van der Waals surface area contributed by atoms with Crippen molar-refractivity contribution in [1.82, 2.24) is 10.2 Å². The van der Waals surface area contributed by atoms with Crippen LogP contribution in [0.1, 0.15) is 64.7 Å². The number of allylic oxidation sites excluding steroid dienone is 1. The molecule has 7 nitrogen and oxygen atoms in total. The molecule has 1 saturated heterocycles. The fourth-order valence-electron chi connectivity index (χ4n) is 2.98. The van der Waals surface area contributed by atoms with Crippen molar-refractivity contribution in [3.8, 4) is 12.1 Å². The maximum absolute atomic E-state index is 12.1. The van der Waals surface area contributed by atoms with E-state index in [0.29, 0.717) is 19.7 Å². The minimum atomic E-state index is -0.749. The van der Waals surface area contributed by atoms with E-state index in [4.69, 9.17) is 15.3 Å². The van der Waals surface area contributed by atoms with Crippen LogP contribution in [0.3, 0.4) is 0 Å². The summed E-state index contributed by atoms with van der Waals surface area (Å²) < 4.78 is 5.25. The highest BCUT2D eigenvalue weighted by molar-refractivity contribution is 5.87. The van der Waals surface area contributed by atoms with Gasteiger partial charge in [0.05, 0.1) is 13.0 Å². The summed E-state index contributed by atoms with van der Waals surface area (Å²) >= 11 is 0. The molecule has 0 aliphatic carbocycles. The van der Waals surface area contributed by atoms with Crippen molar-refractivity contribution in [3.63, 3.8) is 0 Å². The number of carbonyl (C=O) groups excluding carboxylic acids is 2. The highest BCUT2D eigenvalue weighted by Gasteiger charge is 2.30. The molecule has 1 atom stereocenters. The number of nitrogens with zero attached hydrogens (tertiary/aromatic N) is 3. The highest BCUT2D eigenvalue weighted by atomic mass is 16.5. The Morgan fingerprint density at radius 1 is 1.19 bits per heavy atom. The van der Waals surface area contributed by atoms with Gasteiger partial charge in [-0.2, -0.15) is 10.5 Å². The molecule has 0 aromatic carbocycles. The van der Waals surface area contributed by atoms with E-state index < -0.39 is 12.0 Å². The van der Waals surface area contributed by atoms with E-state index in [2.05, 4.69) is 12.2 Å². The molecule has 1 aliphatic heterocycles. The third-order valence-corrected chi connectivity index (χ3v) is 4.53. The minimum absolute atomic E-state index is 0.0938. The largest absolute Gasteiger partial charge is 0.466 e. The Hall–Kier alpha value is -2.54. The van der Waals surface area contributed by atoms with Gasteiger partial charge in [0.1, 0.15) is 23.8 Å². The maximum atomic E-state index is 12.1. The lowest BCUT2D eigenvalue weighted by atomic mass is 10.1. The zero-order valence-electron chi connectivity index (χ0n) is 16.2. The van der Waals surface area contributed by atoms with Gasteiger partial charge in [-0.1, -0.05) is 51.9 Å². The fraction of sp³-hybridized carbons (Fsp3) is 0.700. The number of hydrogen-bond donors (Lipinski definition) is 1. The molecular formula is C20H30N4O3. The lowest BCUT2D eigenvalue weighted by molar-refractivity contribution is -0.147. The van der Waals surface area contributed by atoms with Crippen LogP contribution in [0.4, 0.5) is 0 Å². The molecule has 1 fully saturated rings. The predicted molar refractivity (Wildman–Crippen MR) is 101 cm³/mol. The van der Waals surface area contributed by atoms with Crippen molar-refractivity contribution in [2.45, 2.75) is 70.8 Å². The van der Waals surface area contributed by atoms with Gasteiger partial charge in [-0.15, -0.1) is 0 Å². The van der Waals surface area contributed by atoms with E-state index in [1.165, 1.54) is 38.3 Å². The fourth-order valence-corrected chi connectivity index (χ4v) is 2.98. The van der Waals surface area contributed by atoms with Crippen LogP contribution in [-0.4, -0.2) is 42.5 Å². The first-order valence-electron chi connectivity index (χ1n) is 9.83. The van der Waals surface area contributed by atoms with Crippen molar-refractivity contribution < 1.29 is 14.3 Å². The number of ether oxygens (including phenoxy) is 1. The smallest absolute Gasteiger partial charge is 0.308 e. The second kappa shape index (κ2) is 13.6. The molecule has 0 radical (unpaired) electrons. The monoisotopic (exact) mass is 374 g/mol. The molecule has 0 bridgehead atoms. The summed E-state index contributed by atoms with van der Waals surface area (Å²) in [5.41, 5.74) is -0.0954. The molecule has 1 heterocycles. The lowest BCUT2D eigenvalue weighted by Gasteiger charge is -2.33.